The van der Waals surface area contributed by atoms with Gasteiger partial charge in [-0.3, -0.25) is 9.20 Å². The van der Waals surface area contributed by atoms with Crippen molar-refractivity contribution in [2.45, 2.75) is 25.9 Å². The SMILES string of the molecule is NC(=O)c1cccn2c(-c3nc4c(c(NCc5cccc(F)c5)n3)CCCNC4)ncc12. The van der Waals surface area contributed by atoms with E-state index in [1.807, 2.05) is 6.07 Å². The Labute approximate surface area is 183 Å². The van der Waals surface area contributed by atoms with Crippen molar-refractivity contribution >= 4 is 17.2 Å². The Balaban J connectivity index is 1.58. The molecule has 3 aromatic heterocycles. The van der Waals surface area contributed by atoms with Gasteiger partial charge in [-0.15, -0.1) is 0 Å². The van der Waals surface area contributed by atoms with Crippen LogP contribution in [0.3, 0.4) is 0 Å². The highest BCUT2D eigenvalue weighted by Crippen LogP contribution is 2.26. The number of carbonyl (C=O) groups excluding carboxylic acids is 1. The number of anilines is 1. The normalized spacial score (nSPS) is 13.5. The maximum absolute atomic E-state index is 13.6. The van der Waals surface area contributed by atoms with Crippen LogP contribution in [0, 0.1) is 5.82 Å². The Bertz CT molecular complexity index is 1320. The third kappa shape index (κ3) is 3.78. The van der Waals surface area contributed by atoms with Crippen LogP contribution in [0.25, 0.3) is 17.2 Å². The van der Waals surface area contributed by atoms with Crippen LogP contribution in [0.15, 0.2) is 48.8 Å². The molecule has 0 fully saturated rings. The van der Waals surface area contributed by atoms with Crippen LogP contribution in [0.4, 0.5) is 10.2 Å². The van der Waals surface area contributed by atoms with E-state index in [2.05, 4.69) is 15.6 Å². The van der Waals surface area contributed by atoms with Gasteiger partial charge in [-0.2, -0.15) is 0 Å². The van der Waals surface area contributed by atoms with Crippen molar-refractivity contribution in [1.29, 1.82) is 0 Å². The lowest BCUT2D eigenvalue weighted by Gasteiger charge is -2.15. The first-order chi connectivity index (χ1) is 15.6. The summed E-state index contributed by atoms with van der Waals surface area (Å²) in [6.07, 6.45) is 5.21. The van der Waals surface area contributed by atoms with E-state index in [0.29, 0.717) is 41.6 Å². The lowest BCUT2D eigenvalue weighted by Crippen LogP contribution is -2.15. The maximum atomic E-state index is 13.6. The number of nitrogens with one attached hydrogen (secondary N) is 2. The molecule has 1 aliphatic rings. The Morgan fingerprint density at radius 1 is 1.25 bits per heavy atom. The average molecular weight is 431 g/mol. The van der Waals surface area contributed by atoms with Crippen molar-refractivity contribution in [3.05, 3.63) is 77.0 Å². The third-order valence-corrected chi connectivity index (χ3v) is 5.55. The highest BCUT2D eigenvalue weighted by atomic mass is 19.1. The van der Waals surface area contributed by atoms with E-state index in [4.69, 9.17) is 15.7 Å². The molecule has 5 rings (SSSR count). The first-order valence-corrected chi connectivity index (χ1v) is 10.5. The number of benzene rings is 1. The number of primary amides is 1. The third-order valence-electron chi connectivity index (χ3n) is 5.55. The van der Waals surface area contributed by atoms with Gasteiger partial charge < -0.3 is 16.4 Å². The number of amides is 1. The molecule has 0 atom stereocenters. The molecule has 0 bridgehead atoms. The lowest BCUT2D eigenvalue weighted by atomic mass is 10.1. The molecule has 32 heavy (non-hydrogen) atoms. The van der Waals surface area contributed by atoms with Gasteiger partial charge in [0.25, 0.3) is 5.91 Å². The van der Waals surface area contributed by atoms with Crippen LogP contribution in [-0.2, 0) is 19.5 Å². The zero-order valence-electron chi connectivity index (χ0n) is 17.3. The van der Waals surface area contributed by atoms with E-state index in [9.17, 15) is 9.18 Å². The van der Waals surface area contributed by atoms with E-state index < -0.39 is 5.91 Å². The molecule has 162 valence electrons. The van der Waals surface area contributed by atoms with E-state index in [0.717, 1.165) is 36.2 Å². The van der Waals surface area contributed by atoms with Crippen molar-refractivity contribution in [1.82, 2.24) is 24.7 Å². The summed E-state index contributed by atoms with van der Waals surface area (Å²) in [6, 6.07) is 9.89. The number of carbonyl (C=O) groups is 1. The number of hydrogen-bond donors (Lipinski definition) is 3. The summed E-state index contributed by atoms with van der Waals surface area (Å²) in [5.74, 6) is 0.872. The first-order valence-electron chi connectivity index (χ1n) is 10.5. The zero-order valence-corrected chi connectivity index (χ0v) is 17.3. The maximum Gasteiger partial charge on any atom is 0.250 e. The number of fused-ring (bicyclic) bond motifs is 2. The number of nitrogens with two attached hydrogens (primary N) is 1. The molecule has 9 heteroatoms. The summed E-state index contributed by atoms with van der Waals surface area (Å²) in [5, 5.41) is 6.76. The quantitative estimate of drug-likeness (QED) is 0.448. The number of aromatic nitrogens is 4. The Hall–Kier alpha value is -3.85. The van der Waals surface area contributed by atoms with Crippen molar-refractivity contribution in [2.75, 3.05) is 11.9 Å². The monoisotopic (exact) mass is 431 g/mol. The summed E-state index contributed by atoms with van der Waals surface area (Å²) < 4.78 is 15.4. The fraction of sp³-hybridized carbons (Fsp3) is 0.217. The Kier molecular flexibility index (Phi) is 5.24. The van der Waals surface area contributed by atoms with E-state index in [-0.39, 0.29) is 5.82 Å². The molecule has 0 unspecified atom stereocenters. The van der Waals surface area contributed by atoms with Gasteiger partial charge in [-0.1, -0.05) is 12.1 Å². The predicted molar refractivity (Wildman–Crippen MR) is 118 cm³/mol. The number of imidazole rings is 1. The van der Waals surface area contributed by atoms with Crippen LogP contribution in [-0.4, -0.2) is 31.8 Å². The Morgan fingerprint density at radius 2 is 2.16 bits per heavy atom. The summed E-state index contributed by atoms with van der Waals surface area (Å²) in [6.45, 7) is 1.95. The van der Waals surface area contributed by atoms with E-state index >= 15 is 0 Å². The minimum Gasteiger partial charge on any atom is -0.366 e. The minimum absolute atomic E-state index is 0.273. The summed E-state index contributed by atoms with van der Waals surface area (Å²) in [4.78, 5) is 25.9. The van der Waals surface area contributed by atoms with Crippen LogP contribution in [0.5, 0.6) is 0 Å². The van der Waals surface area contributed by atoms with Gasteiger partial charge in [0.2, 0.25) is 0 Å². The van der Waals surface area contributed by atoms with E-state index in [1.54, 1.807) is 35.0 Å². The topological polar surface area (TPSA) is 110 Å². The molecule has 0 saturated carbocycles. The second kappa shape index (κ2) is 8.35. The van der Waals surface area contributed by atoms with Crippen molar-refractivity contribution in [3.8, 4) is 11.6 Å². The van der Waals surface area contributed by atoms with Gasteiger partial charge in [0.05, 0.1) is 23.0 Å². The molecule has 1 amide bonds. The molecular weight excluding hydrogens is 409 g/mol. The predicted octanol–water partition coefficient (Wildman–Crippen LogP) is 2.68. The molecule has 4 N–H and O–H groups in total. The van der Waals surface area contributed by atoms with Crippen LogP contribution in [0.2, 0.25) is 0 Å². The molecular formula is C23H22FN7O. The highest BCUT2D eigenvalue weighted by Gasteiger charge is 2.20. The molecule has 0 aliphatic carbocycles. The number of rotatable bonds is 5. The van der Waals surface area contributed by atoms with Crippen LogP contribution in [0.1, 0.15) is 33.6 Å². The van der Waals surface area contributed by atoms with Crippen LogP contribution < -0.4 is 16.4 Å². The molecule has 0 spiro atoms. The van der Waals surface area contributed by atoms with Gasteiger partial charge in [0.1, 0.15) is 11.6 Å². The van der Waals surface area contributed by atoms with Gasteiger partial charge in [0.15, 0.2) is 11.6 Å². The lowest BCUT2D eigenvalue weighted by molar-refractivity contribution is 0.100. The molecule has 8 nitrogen and oxygen atoms in total. The summed E-state index contributed by atoms with van der Waals surface area (Å²) >= 11 is 0. The Morgan fingerprint density at radius 3 is 3.00 bits per heavy atom. The molecule has 4 heterocycles. The molecule has 0 radical (unpaired) electrons. The molecule has 4 aromatic rings. The first kappa shape index (κ1) is 20.1. The summed E-state index contributed by atoms with van der Waals surface area (Å²) in [5.41, 5.74) is 9.26. The minimum atomic E-state index is -0.522. The van der Waals surface area contributed by atoms with E-state index in [1.165, 1.54) is 12.1 Å². The van der Waals surface area contributed by atoms with Gasteiger partial charge in [-0.05, 0) is 49.2 Å². The second-order valence-electron chi connectivity index (χ2n) is 7.71. The number of hydrogen-bond acceptors (Lipinski definition) is 6. The van der Waals surface area contributed by atoms with Gasteiger partial charge in [-0.25, -0.2) is 19.3 Å². The highest BCUT2D eigenvalue weighted by molar-refractivity contribution is 5.99. The number of nitrogens with zero attached hydrogens (tertiary/aromatic N) is 4. The standard InChI is InChI=1S/C23H22FN7O/c24-15-5-1-4-14(10-15)11-27-21-16-6-2-8-26-12-18(16)29-22(30-21)23-28-13-19-17(20(25)32)7-3-9-31(19)23/h1,3-5,7,9-10,13,26H,2,6,8,11-12H2,(H2,25,32)(H,27,29,30). The molecule has 1 aliphatic heterocycles. The van der Waals surface area contributed by atoms with Crippen molar-refractivity contribution in [3.63, 3.8) is 0 Å². The fourth-order valence-electron chi connectivity index (χ4n) is 4.01. The van der Waals surface area contributed by atoms with Crippen molar-refractivity contribution < 1.29 is 9.18 Å². The smallest absolute Gasteiger partial charge is 0.250 e. The number of pyridine rings is 1. The number of halogens is 1. The second-order valence-corrected chi connectivity index (χ2v) is 7.71. The van der Waals surface area contributed by atoms with Gasteiger partial charge in [0, 0.05) is 24.8 Å². The van der Waals surface area contributed by atoms with Gasteiger partial charge >= 0.3 is 0 Å². The summed E-state index contributed by atoms with van der Waals surface area (Å²) in [7, 11) is 0. The molecule has 1 aromatic carbocycles. The largest absolute Gasteiger partial charge is 0.366 e. The average Bonchev–Trinajstić information content (AvgIpc) is 3.08. The van der Waals surface area contributed by atoms with Crippen LogP contribution >= 0.6 is 0 Å². The fourth-order valence-corrected chi connectivity index (χ4v) is 4.01. The van der Waals surface area contributed by atoms with Crippen molar-refractivity contribution in [2.24, 2.45) is 5.73 Å². The zero-order chi connectivity index (χ0) is 22.1. The molecule has 0 saturated heterocycles.